The van der Waals surface area contributed by atoms with Gasteiger partial charge >= 0.3 is 0 Å². The molecule has 0 heterocycles. The van der Waals surface area contributed by atoms with E-state index in [0.29, 0.717) is 0 Å². The Morgan fingerprint density at radius 3 is 2.30 bits per heavy atom. The second kappa shape index (κ2) is 5.28. The van der Waals surface area contributed by atoms with Crippen molar-refractivity contribution in [1.82, 2.24) is 0 Å². The number of carbonyl (C=O) groups excluding carboxylic acids is 1. The Morgan fingerprint density at radius 1 is 1.05 bits per heavy atom. The molecular formula is C14H9BrF3NO. The van der Waals surface area contributed by atoms with Crippen molar-refractivity contribution in [3.63, 3.8) is 0 Å². The Labute approximate surface area is 121 Å². The number of ketones is 1. The van der Waals surface area contributed by atoms with Crippen LogP contribution in [0.15, 0.2) is 28.7 Å². The Morgan fingerprint density at radius 2 is 1.70 bits per heavy atom. The van der Waals surface area contributed by atoms with Crippen LogP contribution in [0.5, 0.6) is 0 Å². The van der Waals surface area contributed by atoms with Crippen molar-refractivity contribution in [3.8, 4) is 0 Å². The maximum absolute atomic E-state index is 13.7. The van der Waals surface area contributed by atoms with Gasteiger partial charge in [0.05, 0.1) is 10.0 Å². The summed E-state index contributed by atoms with van der Waals surface area (Å²) in [6.45, 7) is 1.46. The molecule has 0 atom stereocenters. The van der Waals surface area contributed by atoms with Gasteiger partial charge in [-0.15, -0.1) is 0 Å². The monoisotopic (exact) mass is 343 g/mol. The molecule has 0 aliphatic rings. The number of carbonyl (C=O) groups is 1. The van der Waals surface area contributed by atoms with Crippen LogP contribution in [0.25, 0.3) is 0 Å². The highest BCUT2D eigenvalue weighted by Crippen LogP contribution is 2.24. The van der Waals surface area contributed by atoms with E-state index in [0.717, 1.165) is 18.2 Å². The molecular weight excluding hydrogens is 335 g/mol. The van der Waals surface area contributed by atoms with Gasteiger partial charge in [0.15, 0.2) is 5.78 Å². The SMILES string of the molecule is Cc1c(N)cc(C(=O)c2cc(F)c(Br)cc2F)cc1F. The molecule has 6 heteroatoms. The summed E-state index contributed by atoms with van der Waals surface area (Å²) in [5.41, 5.74) is 5.22. The number of halogens is 4. The van der Waals surface area contributed by atoms with Gasteiger partial charge in [-0.25, -0.2) is 13.2 Å². The second-order valence-corrected chi connectivity index (χ2v) is 5.10. The molecule has 0 fully saturated rings. The van der Waals surface area contributed by atoms with Crippen LogP contribution in [-0.2, 0) is 0 Å². The zero-order valence-corrected chi connectivity index (χ0v) is 11.9. The lowest BCUT2D eigenvalue weighted by Gasteiger charge is -2.08. The number of benzene rings is 2. The molecule has 0 radical (unpaired) electrons. The first-order valence-electron chi connectivity index (χ1n) is 5.56. The Hall–Kier alpha value is -1.82. The minimum Gasteiger partial charge on any atom is -0.398 e. The lowest BCUT2D eigenvalue weighted by atomic mass is 10.0. The minimum atomic E-state index is -0.900. The summed E-state index contributed by atoms with van der Waals surface area (Å²) in [6, 6.07) is 3.79. The molecule has 2 rings (SSSR count). The van der Waals surface area contributed by atoms with E-state index < -0.39 is 28.8 Å². The van der Waals surface area contributed by atoms with Crippen molar-refractivity contribution in [2.24, 2.45) is 0 Å². The molecule has 0 amide bonds. The summed E-state index contributed by atoms with van der Waals surface area (Å²) in [5.74, 6) is -3.19. The molecule has 2 nitrogen and oxygen atoms in total. The molecule has 0 spiro atoms. The number of hydrogen-bond donors (Lipinski definition) is 1. The number of hydrogen-bond acceptors (Lipinski definition) is 2. The third-order valence-corrected chi connectivity index (χ3v) is 3.51. The number of nitrogens with two attached hydrogens (primary N) is 1. The van der Waals surface area contributed by atoms with E-state index in [1.807, 2.05) is 0 Å². The number of rotatable bonds is 2. The highest BCUT2D eigenvalue weighted by molar-refractivity contribution is 9.10. The van der Waals surface area contributed by atoms with Gasteiger partial charge in [-0.3, -0.25) is 4.79 Å². The van der Waals surface area contributed by atoms with Crippen molar-refractivity contribution in [3.05, 3.63) is 62.9 Å². The summed E-state index contributed by atoms with van der Waals surface area (Å²) in [6.07, 6.45) is 0. The molecule has 0 saturated carbocycles. The van der Waals surface area contributed by atoms with E-state index >= 15 is 0 Å². The van der Waals surface area contributed by atoms with E-state index in [4.69, 9.17) is 5.73 Å². The van der Waals surface area contributed by atoms with E-state index in [2.05, 4.69) is 15.9 Å². The van der Waals surface area contributed by atoms with Crippen LogP contribution in [0.3, 0.4) is 0 Å². The van der Waals surface area contributed by atoms with Crippen LogP contribution >= 0.6 is 15.9 Å². The lowest BCUT2D eigenvalue weighted by molar-refractivity contribution is 0.103. The van der Waals surface area contributed by atoms with Gasteiger partial charge in [0.1, 0.15) is 17.5 Å². The van der Waals surface area contributed by atoms with Gasteiger partial charge in [0.2, 0.25) is 0 Å². The van der Waals surface area contributed by atoms with Crippen molar-refractivity contribution in [1.29, 1.82) is 0 Å². The van der Waals surface area contributed by atoms with Crippen LogP contribution in [0.2, 0.25) is 0 Å². The molecule has 20 heavy (non-hydrogen) atoms. The topological polar surface area (TPSA) is 43.1 Å². The first-order chi connectivity index (χ1) is 9.31. The maximum atomic E-state index is 13.7. The van der Waals surface area contributed by atoms with Crippen LogP contribution < -0.4 is 5.73 Å². The Bertz CT molecular complexity index is 693. The fraction of sp³-hybridized carbons (Fsp3) is 0.0714. The van der Waals surface area contributed by atoms with E-state index in [1.54, 1.807) is 0 Å². The number of nitrogen functional groups attached to an aromatic ring is 1. The molecule has 2 aromatic carbocycles. The van der Waals surface area contributed by atoms with Crippen LogP contribution in [0, 0.1) is 24.4 Å². The summed E-state index contributed by atoms with van der Waals surface area (Å²) in [5, 5.41) is 0. The fourth-order valence-electron chi connectivity index (χ4n) is 1.68. The van der Waals surface area contributed by atoms with Crippen LogP contribution in [0.4, 0.5) is 18.9 Å². The van der Waals surface area contributed by atoms with Gasteiger partial charge in [-0.2, -0.15) is 0 Å². The molecule has 0 aromatic heterocycles. The van der Waals surface area contributed by atoms with Crippen molar-refractivity contribution in [2.45, 2.75) is 6.92 Å². The third-order valence-electron chi connectivity index (χ3n) is 2.90. The molecule has 2 aromatic rings. The molecule has 2 N–H and O–H groups in total. The lowest BCUT2D eigenvalue weighted by Crippen LogP contribution is -2.07. The van der Waals surface area contributed by atoms with Crippen LogP contribution in [-0.4, -0.2) is 5.78 Å². The highest BCUT2D eigenvalue weighted by atomic mass is 79.9. The summed E-state index contributed by atoms with van der Waals surface area (Å²) in [4.78, 5) is 12.1. The van der Waals surface area contributed by atoms with Crippen molar-refractivity contribution < 1.29 is 18.0 Å². The largest absolute Gasteiger partial charge is 0.398 e. The molecule has 0 aliphatic carbocycles. The number of anilines is 1. The van der Waals surface area contributed by atoms with Gasteiger partial charge < -0.3 is 5.73 Å². The van der Waals surface area contributed by atoms with Gasteiger partial charge in [0, 0.05) is 16.8 Å². The van der Waals surface area contributed by atoms with Crippen molar-refractivity contribution >= 4 is 27.4 Å². The first kappa shape index (κ1) is 14.6. The van der Waals surface area contributed by atoms with Crippen molar-refractivity contribution in [2.75, 3.05) is 5.73 Å². The van der Waals surface area contributed by atoms with Gasteiger partial charge in [-0.1, -0.05) is 0 Å². The Kier molecular flexibility index (Phi) is 3.85. The van der Waals surface area contributed by atoms with Crippen LogP contribution in [0.1, 0.15) is 21.5 Å². The predicted octanol–water partition coefficient (Wildman–Crippen LogP) is 3.99. The third kappa shape index (κ3) is 2.56. The van der Waals surface area contributed by atoms with E-state index in [-0.39, 0.29) is 21.3 Å². The summed E-state index contributed by atoms with van der Waals surface area (Å²) < 4.78 is 40.6. The highest BCUT2D eigenvalue weighted by Gasteiger charge is 2.19. The first-order valence-corrected chi connectivity index (χ1v) is 6.35. The maximum Gasteiger partial charge on any atom is 0.196 e. The average molecular weight is 344 g/mol. The second-order valence-electron chi connectivity index (χ2n) is 4.25. The molecule has 0 aliphatic heterocycles. The summed E-state index contributed by atoms with van der Waals surface area (Å²) >= 11 is 2.81. The normalized spacial score (nSPS) is 10.7. The zero-order chi connectivity index (χ0) is 15.0. The quantitative estimate of drug-likeness (QED) is 0.509. The smallest absolute Gasteiger partial charge is 0.196 e. The molecule has 0 unspecified atom stereocenters. The zero-order valence-electron chi connectivity index (χ0n) is 10.3. The standard InChI is InChI=1S/C14H9BrF3NO/c1-6-10(16)2-7(3-13(6)19)14(20)8-4-12(18)9(15)5-11(8)17/h2-5H,19H2,1H3. The molecule has 0 bridgehead atoms. The van der Waals surface area contributed by atoms with E-state index in [9.17, 15) is 18.0 Å². The Balaban J connectivity index is 2.55. The van der Waals surface area contributed by atoms with Gasteiger partial charge in [-0.05, 0) is 47.1 Å². The summed E-state index contributed by atoms with van der Waals surface area (Å²) in [7, 11) is 0. The minimum absolute atomic E-state index is 0.0753. The molecule has 0 saturated heterocycles. The molecule has 104 valence electrons. The average Bonchev–Trinajstić information content (AvgIpc) is 2.38. The van der Waals surface area contributed by atoms with Gasteiger partial charge in [0.25, 0.3) is 0 Å². The predicted molar refractivity (Wildman–Crippen MR) is 73.0 cm³/mol. The van der Waals surface area contributed by atoms with E-state index in [1.165, 1.54) is 13.0 Å². The fourth-order valence-corrected chi connectivity index (χ4v) is 2.00.